The molecule has 2 aromatic rings. The zero-order valence-corrected chi connectivity index (χ0v) is 13.3. The van der Waals surface area contributed by atoms with Crippen molar-refractivity contribution < 1.29 is 4.79 Å². The van der Waals surface area contributed by atoms with Crippen molar-refractivity contribution in [3.8, 4) is 0 Å². The summed E-state index contributed by atoms with van der Waals surface area (Å²) in [6.07, 6.45) is 0. The van der Waals surface area contributed by atoms with E-state index in [4.69, 9.17) is 5.73 Å². The van der Waals surface area contributed by atoms with Gasteiger partial charge in [-0.2, -0.15) is 0 Å². The van der Waals surface area contributed by atoms with E-state index < -0.39 is 0 Å². The lowest BCUT2D eigenvalue weighted by molar-refractivity contribution is 0.0738. The zero-order chi connectivity index (χ0) is 14.5. The van der Waals surface area contributed by atoms with E-state index in [1.165, 1.54) is 0 Å². The van der Waals surface area contributed by atoms with Gasteiger partial charge in [-0.05, 0) is 24.6 Å². The summed E-state index contributed by atoms with van der Waals surface area (Å²) in [4.78, 5) is 14.4. The predicted octanol–water partition coefficient (Wildman–Crippen LogP) is 2.36. The summed E-state index contributed by atoms with van der Waals surface area (Å²) in [5, 5.41) is 0. The number of nitrogens with zero attached hydrogens (tertiary/aromatic N) is 2. The number of hydrogen-bond acceptors (Lipinski definition) is 2. The minimum absolute atomic E-state index is 0. The normalized spacial score (nSPS) is 10.0. The molecule has 0 spiro atoms. The molecule has 0 aliphatic heterocycles. The van der Waals surface area contributed by atoms with Crippen LogP contribution in [0.1, 0.15) is 21.7 Å². The largest absolute Gasteiger partial charge is 0.344 e. The fourth-order valence-corrected chi connectivity index (χ4v) is 2.20. The summed E-state index contributed by atoms with van der Waals surface area (Å²) in [7, 11) is 1.91. The topological polar surface area (TPSA) is 51.3 Å². The van der Waals surface area contributed by atoms with Crippen molar-refractivity contribution >= 4 is 18.3 Å². The van der Waals surface area contributed by atoms with Crippen molar-refractivity contribution in [2.75, 3.05) is 13.1 Å². The first-order valence-corrected chi connectivity index (χ1v) is 6.79. The molecule has 0 aliphatic carbocycles. The highest BCUT2D eigenvalue weighted by molar-refractivity contribution is 5.93. The standard InChI is InChI=1S/C16H21N3O.ClH/c1-13-8-9-15(18(13)2)16(20)19(11-10-17)12-14-6-4-3-5-7-14;/h3-9H,10-12,17H2,1-2H3;1H. The quantitative estimate of drug-likeness (QED) is 0.922. The third-order valence-corrected chi connectivity index (χ3v) is 3.49. The zero-order valence-electron chi connectivity index (χ0n) is 12.5. The molecule has 0 fully saturated rings. The maximum Gasteiger partial charge on any atom is 0.270 e. The molecule has 0 unspecified atom stereocenters. The maximum atomic E-state index is 12.6. The number of hydrogen-bond donors (Lipinski definition) is 1. The highest BCUT2D eigenvalue weighted by atomic mass is 35.5. The highest BCUT2D eigenvalue weighted by Crippen LogP contribution is 2.12. The Kier molecular flexibility index (Phi) is 6.46. The first-order valence-electron chi connectivity index (χ1n) is 6.79. The van der Waals surface area contributed by atoms with Gasteiger partial charge in [-0.25, -0.2) is 0 Å². The lowest BCUT2D eigenvalue weighted by Gasteiger charge is -2.22. The molecule has 0 saturated heterocycles. The molecule has 1 aromatic heterocycles. The van der Waals surface area contributed by atoms with Gasteiger partial charge in [-0.3, -0.25) is 4.79 Å². The fraction of sp³-hybridized carbons (Fsp3) is 0.312. The van der Waals surface area contributed by atoms with Crippen LogP contribution in [0.2, 0.25) is 0 Å². The Morgan fingerprint density at radius 3 is 2.38 bits per heavy atom. The number of carbonyl (C=O) groups is 1. The smallest absolute Gasteiger partial charge is 0.270 e. The monoisotopic (exact) mass is 307 g/mol. The maximum absolute atomic E-state index is 12.6. The van der Waals surface area contributed by atoms with E-state index in [1.807, 2.05) is 61.0 Å². The predicted molar refractivity (Wildman–Crippen MR) is 87.6 cm³/mol. The van der Waals surface area contributed by atoms with Gasteiger partial charge >= 0.3 is 0 Å². The molecule has 0 saturated carbocycles. The molecule has 0 radical (unpaired) electrons. The number of aryl methyl sites for hydroxylation is 1. The molecule has 1 aromatic carbocycles. The molecule has 2 N–H and O–H groups in total. The van der Waals surface area contributed by atoms with Crippen molar-refractivity contribution in [3.05, 3.63) is 59.4 Å². The summed E-state index contributed by atoms with van der Waals surface area (Å²) >= 11 is 0. The number of rotatable bonds is 5. The van der Waals surface area contributed by atoms with E-state index >= 15 is 0 Å². The summed E-state index contributed by atoms with van der Waals surface area (Å²) in [6.45, 7) is 3.59. The van der Waals surface area contributed by atoms with Crippen molar-refractivity contribution in [3.63, 3.8) is 0 Å². The molecule has 4 nitrogen and oxygen atoms in total. The van der Waals surface area contributed by atoms with Crippen LogP contribution < -0.4 is 5.73 Å². The Bertz CT molecular complexity index is 580. The molecular formula is C16H22ClN3O. The molecule has 2 rings (SSSR count). The van der Waals surface area contributed by atoms with Crippen LogP contribution >= 0.6 is 12.4 Å². The Balaban J connectivity index is 0.00000220. The third-order valence-electron chi connectivity index (χ3n) is 3.49. The Hall–Kier alpha value is -1.78. The Morgan fingerprint density at radius 2 is 1.86 bits per heavy atom. The van der Waals surface area contributed by atoms with Gasteiger partial charge in [-0.15, -0.1) is 12.4 Å². The number of benzene rings is 1. The fourth-order valence-electron chi connectivity index (χ4n) is 2.20. The Morgan fingerprint density at radius 1 is 1.19 bits per heavy atom. The second-order valence-corrected chi connectivity index (χ2v) is 4.92. The van der Waals surface area contributed by atoms with E-state index in [-0.39, 0.29) is 18.3 Å². The molecule has 0 atom stereocenters. The number of aromatic nitrogens is 1. The van der Waals surface area contributed by atoms with Gasteiger partial charge in [-0.1, -0.05) is 30.3 Å². The SMILES string of the molecule is Cc1ccc(C(=O)N(CCN)Cc2ccccc2)n1C.Cl. The van der Waals surface area contributed by atoms with Gasteiger partial charge in [0, 0.05) is 32.4 Å². The first-order chi connectivity index (χ1) is 9.63. The van der Waals surface area contributed by atoms with Crippen LogP contribution in [0, 0.1) is 6.92 Å². The van der Waals surface area contributed by atoms with Crippen molar-refractivity contribution in [2.24, 2.45) is 12.8 Å². The second kappa shape index (κ2) is 7.86. The van der Waals surface area contributed by atoms with Crippen molar-refractivity contribution in [2.45, 2.75) is 13.5 Å². The molecule has 1 amide bonds. The van der Waals surface area contributed by atoms with Crippen LogP contribution in [0.15, 0.2) is 42.5 Å². The van der Waals surface area contributed by atoms with Gasteiger partial charge in [0.25, 0.3) is 5.91 Å². The van der Waals surface area contributed by atoms with Crippen LogP contribution in [0.3, 0.4) is 0 Å². The molecule has 5 heteroatoms. The lowest BCUT2D eigenvalue weighted by Crippen LogP contribution is -2.35. The summed E-state index contributed by atoms with van der Waals surface area (Å²) in [6, 6.07) is 13.8. The van der Waals surface area contributed by atoms with Crippen LogP contribution in [0.25, 0.3) is 0 Å². The molecule has 21 heavy (non-hydrogen) atoms. The van der Waals surface area contributed by atoms with Crippen LogP contribution in [0.4, 0.5) is 0 Å². The summed E-state index contributed by atoms with van der Waals surface area (Å²) < 4.78 is 1.91. The van der Waals surface area contributed by atoms with E-state index in [2.05, 4.69) is 0 Å². The molecule has 114 valence electrons. The number of nitrogens with two attached hydrogens (primary N) is 1. The molecular weight excluding hydrogens is 286 g/mol. The molecule has 1 heterocycles. The average molecular weight is 308 g/mol. The summed E-state index contributed by atoms with van der Waals surface area (Å²) in [5.41, 5.74) is 8.52. The van der Waals surface area contributed by atoms with Gasteiger partial charge in [0.1, 0.15) is 5.69 Å². The third kappa shape index (κ3) is 4.09. The van der Waals surface area contributed by atoms with Gasteiger partial charge < -0.3 is 15.2 Å². The minimum atomic E-state index is 0. The number of carbonyl (C=O) groups excluding carboxylic acids is 1. The lowest BCUT2D eigenvalue weighted by atomic mass is 10.2. The highest BCUT2D eigenvalue weighted by Gasteiger charge is 2.18. The van der Waals surface area contributed by atoms with Crippen LogP contribution in [0.5, 0.6) is 0 Å². The second-order valence-electron chi connectivity index (χ2n) is 4.92. The van der Waals surface area contributed by atoms with Crippen molar-refractivity contribution in [1.29, 1.82) is 0 Å². The van der Waals surface area contributed by atoms with Crippen LogP contribution in [-0.2, 0) is 13.6 Å². The van der Waals surface area contributed by atoms with Gasteiger partial charge in [0.05, 0.1) is 0 Å². The van der Waals surface area contributed by atoms with Gasteiger partial charge in [0.2, 0.25) is 0 Å². The van der Waals surface area contributed by atoms with E-state index in [1.54, 1.807) is 4.90 Å². The van der Waals surface area contributed by atoms with Gasteiger partial charge in [0.15, 0.2) is 0 Å². The molecule has 0 bridgehead atoms. The first kappa shape index (κ1) is 17.3. The van der Waals surface area contributed by atoms with Crippen LogP contribution in [-0.4, -0.2) is 28.5 Å². The van der Waals surface area contributed by atoms with E-state index in [9.17, 15) is 4.79 Å². The van der Waals surface area contributed by atoms with E-state index in [0.29, 0.717) is 25.3 Å². The van der Waals surface area contributed by atoms with Crippen molar-refractivity contribution in [1.82, 2.24) is 9.47 Å². The number of halogens is 1. The average Bonchev–Trinajstić information content (AvgIpc) is 2.79. The number of amides is 1. The molecule has 0 aliphatic rings. The summed E-state index contributed by atoms with van der Waals surface area (Å²) in [5.74, 6) is 0.0231. The Labute approximate surface area is 132 Å². The minimum Gasteiger partial charge on any atom is -0.344 e. The van der Waals surface area contributed by atoms with E-state index in [0.717, 1.165) is 11.3 Å².